The molecule has 0 atom stereocenters. The molecule has 23 heavy (non-hydrogen) atoms. The van der Waals surface area contributed by atoms with Gasteiger partial charge in [-0.2, -0.15) is 5.26 Å². The molecule has 0 saturated carbocycles. The van der Waals surface area contributed by atoms with Crippen molar-refractivity contribution in [3.05, 3.63) is 63.6 Å². The van der Waals surface area contributed by atoms with Crippen molar-refractivity contribution in [2.75, 3.05) is 0 Å². The maximum Gasteiger partial charge on any atom is 0.205 e. The van der Waals surface area contributed by atoms with E-state index in [1.165, 1.54) is 27.9 Å². The molecule has 4 nitrogen and oxygen atoms in total. The van der Waals surface area contributed by atoms with Crippen LogP contribution in [0.5, 0.6) is 0 Å². The van der Waals surface area contributed by atoms with Crippen LogP contribution in [0.4, 0.5) is 5.69 Å². The highest BCUT2D eigenvalue weighted by Gasteiger charge is 2.32. The molecule has 1 aliphatic heterocycles. The molecule has 0 bridgehead atoms. The van der Waals surface area contributed by atoms with Gasteiger partial charge in [0.05, 0.1) is 29.2 Å². The number of hydrogen-bond donors (Lipinski definition) is 0. The van der Waals surface area contributed by atoms with Gasteiger partial charge in [-0.15, -0.1) is 9.36 Å². The predicted octanol–water partition coefficient (Wildman–Crippen LogP) is 3.63. The molecule has 2 aromatic carbocycles. The number of rotatable bonds is 0. The molecular weight excluding hydrogens is 284 g/mol. The van der Waals surface area contributed by atoms with Gasteiger partial charge < -0.3 is 0 Å². The average molecular weight is 299 g/mol. The van der Waals surface area contributed by atoms with Crippen LogP contribution in [0, 0.1) is 38.7 Å². The summed E-state index contributed by atoms with van der Waals surface area (Å²) in [7, 11) is 0. The molecule has 0 aliphatic carbocycles. The second-order valence-corrected chi connectivity index (χ2v) is 6.15. The largest absolute Gasteiger partial charge is 0.238 e. The topological polar surface area (TPSA) is 37.0 Å². The molecule has 0 saturated heterocycles. The molecule has 0 N–H and O–H groups in total. The number of aromatic nitrogens is 2. The fourth-order valence-electron chi connectivity index (χ4n) is 3.57. The third-order valence-electron chi connectivity index (χ3n) is 4.83. The van der Waals surface area contributed by atoms with Crippen molar-refractivity contribution >= 4 is 16.6 Å². The molecule has 1 aromatic heterocycles. The summed E-state index contributed by atoms with van der Waals surface area (Å²) in [5.74, 6) is 0. The maximum absolute atomic E-state index is 9.41. The Balaban J connectivity index is 2.17. The van der Waals surface area contributed by atoms with Gasteiger partial charge in [0.1, 0.15) is 11.2 Å². The molecule has 4 rings (SSSR count). The summed E-state index contributed by atoms with van der Waals surface area (Å²) in [6.45, 7) is 14.5. The van der Waals surface area contributed by atoms with E-state index < -0.39 is 0 Å². The zero-order valence-electron chi connectivity index (χ0n) is 13.3. The van der Waals surface area contributed by atoms with Crippen LogP contribution in [-0.4, -0.2) is 4.68 Å². The van der Waals surface area contributed by atoms with Crippen LogP contribution in [0.15, 0.2) is 24.4 Å². The smallest absolute Gasteiger partial charge is 0.205 e. The summed E-state index contributed by atoms with van der Waals surface area (Å²) in [6, 6.07) is 8.00. The van der Waals surface area contributed by atoms with E-state index in [1.807, 2.05) is 12.3 Å². The van der Waals surface area contributed by atoms with E-state index in [4.69, 9.17) is 6.57 Å². The Bertz CT molecular complexity index is 1090. The normalized spacial score (nSPS) is 11.9. The van der Waals surface area contributed by atoms with Crippen molar-refractivity contribution in [2.45, 2.75) is 27.3 Å². The van der Waals surface area contributed by atoms with Crippen molar-refractivity contribution in [3.8, 4) is 11.8 Å². The molecule has 0 radical (unpaired) electrons. The highest BCUT2D eigenvalue weighted by molar-refractivity contribution is 5.89. The Labute approximate surface area is 134 Å². The van der Waals surface area contributed by atoms with E-state index in [0.29, 0.717) is 11.3 Å². The van der Waals surface area contributed by atoms with Gasteiger partial charge in [0.2, 0.25) is 6.20 Å². The van der Waals surface area contributed by atoms with E-state index >= 15 is 0 Å². The van der Waals surface area contributed by atoms with Gasteiger partial charge in [-0.1, -0.05) is 6.07 Å². The Morgan fingerprint density at radius 3 is 2.70 bits per heavy atom. The van der Waals surface area contributed by atoms with E-state index in [1.54, 1.807) is 6.07 Å². The lowest BCUT2D eigenvalue weighted by atomic mass is 9.98. The lowest BCUT2D eigenvalue weighted by molar-refractivity contribution is -0.749. The molecule has 0 unspecified atom stereocenters. The summed E-state index contributed by atoms with van der Waals surface area (Å²) in [5.41, 5.74) is 8.32. The van der Waals surface area contributed by atoms with Crippen molar-refractivity contribution < 1.29 is 4.68 Å². The number of aryl methyl sites for hydroxylation is 2. The van der Waals surface area contributed by atoms with Crippen LogP contribution >= 0.6 is 0 Å². The molecular formula is C19H15N4+. The minimum absolute atomic E-state index is 0.506. The number of benzene rings is 2. The second-order valence-electron chi connectivity index (χ2n) is 6.15. The average Bonchev–Trinajstić information content (AvgIpc) is 3.08. The molecule has 0 spiro atoms. The monoisotopic (exact) mass is 299 g/mol. The van der Waals surface area contributed by atoms with Crippen LogP contribution < -0.4 is 4.68 Å². The number of nitriles is 1. The zero-order chi connectivity index (χ0) is 16.3. The molecule has 2 heterocycles. The van der Waals surface area contributed by atoms with Crippen molar-refractivity contribution in [2.24, 2.45) is 0 Å². The first-order valence-corrected chi connectivity index (χ1v) is 7.52. The number of nitrogens with zero attached hydrogens (tertiary/aromatic N) is 4. The van der Waals surface area contributed by atoms with Gasteiger partial charge in [0, 0.05) is 0 Å². The first kappa shape index (κ1) is 13.5. The van der Waals surface area contributed by atoms with Gasteiger partial charge in [0.25, 0.3) is 0 Å². The first-order valence-electron chi connectivity index (χ1n) is 7.52. The Hall–Kier alpha value is -3.11. The second kappa shape index (κ2) is 4.44. The minimum atomic E-state index is 0.506. The number of fused-ring (bicyclic) bond motifs is 5. The summed E-state index contributed by atoms with van der Waals surface area (Å²) in [5, 5.41) is 10.3. The zero-order valence-corrected chi connectivity index (χ0v) is 13.3. The molecule has 4 heteroatoms. The molecule has 0 amide bonds. The fraction of sp³-hybridized carbons (Fsp3) is 0.211. The summed E-state index contributed by atoms with van der Waals surface area (Å²) in [4.78, 5) is 3.52. The molecule has 0 fully saturated rings. The Kier molecular flexibility index (Phi) is 2.62. The fourth-order valence-corrected chi connectivity index (χ4v) is 3.57. The highest BCUT2D eigenvalue weighted by Crippen LogP contribution is 2.34. The lowest BCUT2D eigenvalue weighted by Gasteiger charge is -2.09. The summed E-state index contributed by atoms with van der Waals surface area (Å²) in [6.07, 6.45) is 2.02. The number of hydrogen-bond acceptors (Lipinski definition) is 1. The summed E-state index contributed by atoms with van der Waals surface area (Å²) < 4.78 is 4.30. The van der Waals surface area contributed by atoms with Gasteiger partial charge in [-0.05, 0) is 49.6 Å². The lowest BCUT2D eigenvalue weighted by Crippen LogP contribution is -2.36. The Morgan fingerprint density at radius 2 is 2.00 bits per heavy atom. The maximum atomic E-state index is 9.41. The molecule has 3 aromatic rings. The van der Waals surface area contributed by atoms with E-state index in [2.05, 4.69) is 47.1 Å². The SMILES string of the molecule is [C-]#[N+]c1cc(C#N)c2c[n+]3n(c2c1)-c1c(C)c(C)cc(C)c1C3. The van der Waals surface area contributed by atoms with Crippen molar-refractivity contribution in [1.29, 1.82) is 5.26 Å². The third kappa shape index (κ3) is 1.67. The van der Waals surface area contributed by atoms with Crippen LogP contribution in [0.3, 0.4) is 0 Å². The molecule has 1 aliphatic rings. The summed E-state index contributed by atoms with van der Waals surface area (Å²) >= 11 is 0. The first-order chi connectivity index (χ1) is 11.0. The van der Waals surface area contributed by atoms with Crippen LogP contribution in [0.1, 0.15) is 27.8 Å². The quantitative estimate of drug-likeness (QED) is 0.361. The van der Waals surface area contributed by atoms with E-state index in [0.717, 1.165) is 17.4 Å². The van der Waals surface area contributed by atoms with Crippen LogP contribution in [0.2, 0.25) is 0 Å². The molecule has 110 valence electrons. The van der Waals surface area contributed by atoms with Crippen LogP contribution in [-0.2, 0) is 6.54 Å². The van der Waals surface area contributed by atoms with Crippen LogP contribution in [0.25, 0.3) is 21.4 Å². The van der Waals surface area contributed by atoms with Crippen molar-refractivity contribution in [1.82, 2.24) is 4.68 Å². The van der Waals surface area contributed by atoms with Crippen molar-refractivity contribution in [3.63, 3.8) is 0 Å². The van der Waals surface area contributed by atoms with E-state index in [9.17, 15) is 5.26 Å². The van der Waals surface area contributed by atoms with Gasteiger partial charge in [0.15, 0.2) is 12.2 Å². The standard InChI is InChI=1S/C19H15N4/c1-11-5-12(2)16-9-22-10-17-14(8-20)6-15(21-4)7-18(17)23(22)19(16)13(11)3/h5-7,10H,9H2,1-3H3/q+1. The van der Waals surface area contributed by atoms with Gasteiger partial charge in [-0.25, -0.2) is 4.85 Å². The van der Waals surface area contributed by atoms with Gasteiger partial charge in [-0.3, -0.25) is 0 Å². The third-order valence-corrected chi connectivity index (χ3v) is 4.83. The minimum Gasteiger partial charge on any atom is -0.238 e. The Morgan fingerprint density at radius 1 is 1.22 bits per heavy atom. The predicted molar refractivity (Wildman–Crippen MR) is 87.8 cm³/mol. The van der Waals surface area contributed by atoms with Gasteiger partial charge >= 0.3 is 0 Å². The highest BCUT2D eigenvalue weighted by atomic mass is 15.4. The van der Waals surface area contributed by atoms with E-state index in [-0.39, 0.29) is 0 Å².